The van der Waals surface area contributed by atoms with Gasteiger partial charge in [0.1, 0.15) is 6.33 Å². The summed E-state index contributed by atoms with van der Waals surface area (Å²) in [7, 11) is 0. The van der Waals surface area contributed by atoms with Crippen LogP contribution in [-0.4, -0.2) is 50.1 Å². The monoisotopic (exact) mass is 286 g/mol. The molecule has 1 fully saturated rings. The van der Waals surface area contributed by atoms with Crippen molar-refractivity contribution in [2.24, 2.45) is 5.73 Å². The molecular formula is C14H18N6O. The Kier molecular flexibility index (Phi) is 3.92. The first-order chi connectivity index (χ1) is 10.3. The zero-order valence-corrected chi connectivity index (χ0v) is 11.7. The smallest absolute Gasteiger partial charge is 0.227 e. The number of nitrogens with two attached hydrogens (primary N) is 1. The Morgan fingerprint density at radius 1 is 1.33 bits per heavy atom. The van der Waals surface area contributed by atoms with E-state index in [0.29, 0.717) is 13.0 Å². The molecular weight excluding hydrogens is 268 g/mol. The van der Waals surface area contributed by atoms with E-state index >= 15 is 0 Å². The van der Waals surface area contributed by atoms with Crippen LogP contribution in [0.4, 0.5) is 0 Å². The predicted octanol–water partition coefficient (Wildman–Crippen LogP) is 0.154. The van der Waals surface area contributed by atoms with Gasteiger partial charge in [0, 0.05) is 19.1 Å². The molecule has 2 aromatic rings. The summed E-state index contributed by atoms with van der Waals surface area (Å²) < 4.78 is 1.58. The van der Waals surface area contributed by atoms with Crippen LogP contribution in [0, 0.1) is 0 Å². The van der Waals surface area contributed by atoms with Crippen LogP contribution in [0.1, 0.15) is 18.4 Å². The van der Waals surface area contributed by atoms with E-state index in [1.165, 1.54) is 6.33 Å². The number of carbonyl (C=O) groups is 1. The molecule has 1 aromatic heterocycles. The van der Waals surface area contributed by atoms with Crippen molar-refractivity contribution in [3.05, 3.63) is 36.2 Å². The third kappa shape index (κ3) is 2.92. The number of aromatic nitrogens is 4. The van der Waals surface area contributed by atoms with Crippen molar-refractivity contribution in [3.63, 3.8) is 0 Å². The fraction of sp³-hybridized carbons (Fsp3) is 0.429. The molecule has 1 aromatic carbocycles. The van der Waals surface area contributed by atoms with Gasteiger partial charge < -0.3 is 10.6 Å². The molecule has 1 aliphatic rings. The molecule has 0 aliphatic carbocycles. The van der Waals surface area contributed by atoms with Crippen LogP contribution in [-0.2, 0) is 11.2 Å². The Bertz CT molecular complexity index is 594. The van der Waals surface area contributed by atoms with Crippen LogP contribution >= 0.6 is 0 Å². The second kappa shape index (κ2) is 6.01. The molecule has 0 spiro atoms. The normalized spacial score (nSPS) is 18.1. The summed E-state index contributed by atoms with van der Waals surface area (Å²) in [5.41, 5.74) is 7.57. The number of hydrogen-bond acceptors (Lipinski definition) is 5. The van der Waals surface area contributed by atoms with Crippen LogP contribution in [0.15, 0.2) is 30.6 Å². The molecule has 2 heterocycles. The third-order valence-corrected chi connectivity index (χ3v) is 3.87. The number of amides is 1. The summed E-state index contributed by atoms with van der Waals surface area (Å²) in [4.78, 5) is 14.2. The number of nitrogens with zero attached hydrogens (tertiary/aromatic N) is 5. The Labute approximate surface area is 122 Å². The highest BCUT2D eigenvalue weighted by Crippen LogP contribution is 2.18. The highest BCUT2D eigenvalue weighted by atomic mass is 16.2. The van der Waals surface area contributed by atoms with Crippen LogP contribution in [0.2, 0.25) is 0 Å². The molecule has 3 rings (SSSR count). The molecule has 1 saturated heterocycles. The van der Waals surface area contributed by atoms with Crippen LogP contribution in [0.5, 0.6) is 0 Å². The minimum Gasteiger partial charge on any atom is -0.338 e. The number of carbonyl (C=O) groups excluding carboxylic acids is 1. The number of likely N-dealkylation sites (tertiary alicyclic amines) is 1. The maximum absolute atomic E-state index is 12.3. The zero-order valence-electron chi connectivity index (χ0n) is 11.7. The van der Waals surface area contributed by atoms with Crippen molar-refractivity contribution in [1.29, 1.82) is 0 Å². The molecule has 2 N–H and O–H groups in total. The largest absolute Gasteiger partial charge is 0.338 e. The molecule has 1 amide bonds. The first-order valence-corrected chi connectivity index (χ1v) is 7.10. The summed E-state index contributed by atoms with van der Waals surface area (Å²) in [6.45, 7) is 1.37. The Hall–Kier alpha value is -2.28. The van der Waals surface area contributed by atoms with Gasteiger partial charge in [-0.05, 0) is 41.0 Å². The molecule has 0 radical (unpaired) electrons. The molecule has 7 nitrogen and oxygen atoms in total. The van der Waals surface area contributed by atoms with E-state index in [2.05, 4.69) is 15.5 Å². The van der Waals surface area contributed by atoms with Crippen molar-refractivity contribution in [2.45, 2.75) is 25.3 Å². The number of rotatable bonds is 4. The fourth-order valence-corrected chi connectivity index (χ4v) is 2.73. The second-order valence-corrected chi connectivity index (χ2v) is 5.22. The molecule has 1 aliphatic heterocycles. The summed E-state index contributed by atoms with van der Waals surface area (Å²) in [5.74, 6) is 0.151. The van der Waals surface area contributed by atoms with Gasteiger partial charge in [0.2, 0.25) is 5.91 Å². The summed E-state index contributed by atoms with van der Waals surface area (Å²) in [6, 6.07) is 7.88. The SMILES string of the molecule is NCC1CCCN1C(=O)Cc1ccc(-n2cnnn2)cc1. The number of hydrogen-bond donors (Lipinski definition) is 1. The van der Waals surface area contributed by atoms with Gasteiger partial charge in [-0.1, -0.05) is 12.1 Å². The fourth-order valence-electron chi connectivity index (χ4n) is 2.73. The van der Waals surface area contributed by atoms with Gasteiger partial charge in [-0.2, -0.15) is 0 Å². The average Bonchev–Trinajstić information content (AvgIpc) is 3.19. The maximum Gasteiger partial charge on any atom is 0.227 e. The molecule has 21 heavy (non-hydrogen) atoms. The Morgan fingerprint density at radius 3 is 2.81 bits per heavy atom. The molecule has 110 valence electrons. The molecule has 1 unspecified atom stereocenters. The highest BCUT2D eigenvalue weighted by Gasteiger charge is 2.27. The topological polar surface area (TPSA) is 89.9 Å². The quantitative estimate of drug-likeness (QED) is 0.864. The van der Waals surface area contributed by atoms with Crippen molar-refractivity contribution < 1.29 is 4.79 Å². The van der Waals surface area contributed by atoms with Gasteiger partial charge in [-0.15, -0.1) is 5.10 Å². The summed E-state index contributed by atoms with van der Waals surface area (Å²) in [6.07, 6.45) is 4.01. The zero-order chi connectivity index (χ0) is 14.7. The van der Waals surface area contributed by atoms with Gasteiger partial charge in [0.15, 0.2) is 0 Å². The molecule has 0 bridgehead atoms. The summed E-state index contributed by atoms with van der Waals surface area (Å²) >= 11 is 0. The van der Waals surface area contributed by atoms with Crippen molar-refractivity contribution in [1.82, 2.24) is 25.1 Å². The first kappa shape index (κ1) is 13.7. The third-order valence-electron chi connectivity index (χ3n) is 3.87. The van der Waals surface area contributed by atoms with E-state index in [9.17, 15) is 4.79 Å². The summed E-state index contributed by atoms with van der Waals surface area (Å²) in [5, 5.41) is 11.0. The van der Waals surface area contributed by atoms with E-state index in [4.69, 9.17) is 5.73 Å². The number of benzene rings is 1. The van der Waals surface area contributed by atoms with E-state index in [1.54, 1.807) is 4.68 Å². The van der Waals surface area contributed by atoms with Gasteiger partial charge in [-0.3, -0.25) is 4.79 Å². The lowest BCUT2D eigenvalue weighted by Gasteiger charge is -2.23. The maximum atomic E-state index is 12.3. The van der Waals surface area contributed by atoms with Crippen LogP contribution in [0.3, 0.4) is 0 Å². The van der Waals surface area contributed by atoms with Crippen molar-refractivity contribution in [3.8, 4) is 5.69 Å². The minimum absolute atomic E-state index is 0.151. The molecule has 7 heteroatoms. The average molecular weight is 286 g/mol. The van der Waals surface area contributed by atoms with Crippen molar-refractivity contribution >= 4 is 5.91 Å². The molecule has 0 saturated carbocycles. The Balaban J connectivity index is 1.66. The minimum atomic E-state index is 0.151. The van der Waals surface area contributed by atoms with Gasteiger partial charge in [0.25, 0.3) is 0 Å². The lowest BCUT2D eigenvalue weighted by Crippen LogP contribution is -2.40. The Morgan fingerprint density at radius 2 is 2.14 bits per heavy atom. The van der Waals surface area contributed by atoms with Crippen molar-refractivity contribution in [2.75, 3.05) is 13.1 Å². The second-order valence-electron chi connectivity index (χ2n) is 5.22. The van der Waals surface area contributed by atoms with E-state index in [0.717, 1.165) is 30.6 Å². The highest BCUT2D eigenvalue weighted by molar-refractivity contribution is 5.79. The first-order valence-electron chi connectivity index (χ1n) is 7.10. The molecule has 1 atom stereocenters. The predicted molar refractivity (Wildman–Crippen MR) is 76.6 cm³/mol. The van der Waals surface area contributed by atoms with Crippen LogP contribution < -0.4 is 5.73 Å². The van der Waals surface area contributed by atoms with Gasteiger partial charge >= 0.3 is 0 Å². The standard InChI is InChI=1S/C14H18N6O/c15-9-13-2-1-7-19(13)14(21)8-11-3-5-12(6-4-11)20-10-16-17-18-20/h3-6,10,13H,1-2,7-9,15H2. The van der Waals surface area contributed by atoms with E-state index in [-0.39, 0.29) is 11.9 Å². The van der Waals surface area contributed by atoms with Crippen LogP contribution in [0.25, 0.3) is 5.69 Å². The van der Waals surface area contributed by atoms with E-state index in [1.807, 2.05) is 29.2 Å². The lowest BCUT2D eigenvalue weighted by molar-refractivity contribution is -0.131. The number of tetrazole rings is 1. The van der Waals surface area contributed by atoms with Gasteiger partial charge in [0.05, 0.1) is 12.1 Å². The van der Waals surface area contributed by atoms with E-state index < -0.39 is 0 Å². The lowest BCUT2D eigenvalue weighted by atomic mass is 10.1. The van der Waals surface area contributed by atoms with Gasteiger partial charge in [-0.25, -0.2) is 4.68 Å².